The first-order valence-corrected chi connectivity index (χ1v) is 11.2. The molecule has 9 nitrogen and oxygen atoms in total. The third-order valence-corrected chi connectivity index (χ3v) is 4.93. The minimum atomic E-state index is -0.885. The van der Waals surface area contributed by atoms with Gasteiger partial charge in [0, 0.05) is 13.1 Å². The van der Waals surface area contributed by atoms with Crippen LogP contribution in [0.3, 0.4) is 0 Å². The first-order valence-electron chi connectivity index (χ1n) is 10.0. The van der Waals surface area contributed by atoms with Crippen LogP contribution in [0.4, 0.5) is 10.6 Å². The molecule has 2 heterocycles. The van der Waals surface area contributed by atoms with Crippen LogP contribution in [-0.2, 0) is 16.0 Å². The minimum Gasteiger partial charge on any atom is -0.462 e. The number of hydrogen-bond acceptors (Lipinski definition) is 9. The number of hydrogen-bond donors (Lipinski definition) is 2. The normalized spacial score (nSPS) is 19.4. The number of thioether (sulfide) groups is 1. The second kappa shape index (κ2) is 9.82. The number of nitrogens with one attached hydrogen (secondary N) is 1. The summed E-state index contributed by atoms with van der Waals surface area (Å²) in [6, 6.07) is 0. The van der Waals surface area contributed by atoms with E-state index in [0.717, 1.165) is 6.42 Å². The summed E-state index contributed by atoms with van der Waals surface area (Å²) in [7, 11) is 0. The molecule has 0 aliphatic carbocycles. The van der Waals surface area contributed by atoms with E-state index in [1.165, 1.54) is 11.8 Å². The summed E-state index contributed by atoms with van der Waals surface area (Å²) in [4.78, 5) is 35.8. The number of β-amino-alcohol motifs (C(OH)–C–C–N with tert-alkyl or cyclic N) is 1. The van der Waals surface area contributed by atoms with E-state index in [1.54, 1.807) is 34.6 Å². The fraction of sp³-hybridized carbons (Fsp3) is 0.700. The summed E-state index contributed by atoms with van der Waals surface area (Å²) >= 11 is 1.33. The fourth-order valence-electron chi connectivity index (χ4n) is 3.20. The van der Waals surface area contributed by atoms with Gasteiger partial charge < -0.3 is 24.8 Å². The smallest absolute Gasteiger partial charge is 0.407 e. The molecule has 0 bridgehead atoms. The molecule has 0 aromatic carbocycles. The van der Waals surface area contributed by atoms with Gasteiger partial charge in [-0.25, -0.2) is 19.6 Å². The number of ether oxygens (including phenoxy) is 2. The molecule has 1 atom stereocenters. The summed E-state index contributed by atoms with van der Waals surface area (Å²) in [5.74, 6) is -0.153. The van der Waals surface area contributed by atoms with E-state index in [1.807, 2.05) is 11.2 Å². The highest BCUT2D eigenvalue weighted by Gasteiger charge is 2.33. The third-order valence-electron chi connectivity index (χ3n) is 4.38. The Hall–Kier alpha value is -2.07. The highest BCUT2D eigenvalue weighted by molar-refractivity contribution is 7.98. The molecule has 0 spiro atoms. The highest BCUT2D eigenvalue weighted by atomic mass is 32.2. The molecule has 0 saturated carbocycles. The third kappa shape index (κ3) is 6.73. The SMILES string of the molecule is CCOC(=O)c1c(CNC(=O)OC(C)(C)C)nc(SC)nc1N1CCCC(C)(O)C1. The van der Waals surface area contributed by atoms with Crippen molar-refractivity contribution in [2.24, 2.45) is 0 Å². The standard InChI is InChI=1S/C20H32N4O5S/c1-7-28-16(25)14-13(11-21-18(26)29-19(2,3)4)22-17(30-6)23-15(14)24-10-8-9-20(5,27)12-24/h27H,7-12H2,1-6H3,(H,21,26). The zero-order chi connectivity index (χ0) is 22.5. The number of esters is 1. The van der Waals surface area contributed by atoms with Crippen LogP contribution < -0.4 is 10.2 Å². The van der Waals surface area contributed by atoms with Crippen molar-refractivity contribution in [1.82, 2.24) is 15.3 Å². The zero-order valence-electron chi connectivity index (χ0n) is 18.6. The molecule has 1 aromatic rings. The Morgan fingerprint density at radius 3 is 2.60 bits per heavy atom. The van der Waals surface area contributed by atoms with Gasteiger partial charge in [-0.05, 0) is 53.7 Å². The van der Waals surface area contributed by atoms with Crippen molar-refractivity contribution in [3.63, 3.8) is 0 Å². The Bertz CT molecular complexity index is 779. The van der Waals surface area contributed by atoms with Gasteiger partial charge in [0.25, 0.3) is 0 Å². The molecule has 1 fully saturated rings. The summed E-state index contributed by atoms with van der Waals surface area (Å²) in [5.41, 5.74) is -0.986. The average Bonchev–Trinajstić information content (AvgIpc) is 2.63. The maximum Gasteiger partial charge on any atom is 0.407 e. The first kappa shape index (κ1) is 24.2. The number of rotatable bonds is 6. The maximum atomic E-state index is 12.8. The van der Waals surface area contributed by atoms with Crippen LogP contribution in [-0.4, -0.2) is 64.3 Å². The highest BCUT2D eigenvalue weighted by Crippen LogP contribution is 2.30. The second-order valence-corrected chi connectivity index (χ2v) is 9.23. The molecule has 1 amide bonds. The predicted octanol–water partition coefficient (Wildman–Crippen LogP) is 2.75. The molecule has 1 aliphatic rings. The Kier molecular flexibility index (Phi) is 7.93. The van der Waals surface area contributed by atoms with Crippen molar-refractivity contribution in [2.45, 2.75) is 70.4 Å². The molecule has 168 valence electrons. The molecule has 1 aromatic heterocycles. The summed E-state index contributed by atoms with van der Waals surface area (Å²) in [6.07, 6.45) is 2.66. The van der Waals surface area contributed by atoms with E-state index in [9.17, 15) is 14.7 Å². The van der Waals surface area contributed by atoms with Crippen LogP contribution in [0.1, 0.15) is 63.5 Å². The monoisotopic (exact) mass is 440 g/mol. The van der Waals surface area contributed by atoms with Crippen molar-refractivity contribution in [3.8, 4) is 0 Å². The Labute approximate surface area is 181 Å². The lowest BCUT2D eigenvalue weighted by molar-refractivity contribution is 0.0436. The number of nitrogens with zero attached hydrogens (tertiary/aromatic N) is 3. The number of carbonyl (C=O) groups is 2. The van der Waals surface area contributed by atoms with Crippen LogP contribution in [0.25, 0.3) is 0 Å². The largest absolute Gasteiger partial charge is 0.462 e. The van der Waals surface area contributed by atoms with Crippen LogP contribution in [0.2, 0.25) is 0 Å². The molecule has 1 aliphatic heterocycles. The Balaban J connectivity index is 2.43. The van der Waals surface area contributed by atoms with E-state index in [-0.39, 0.29) is 18.7 Å². The molecule has 1 saturated heterocycles. The van der Waals surface area contributed by atoms with Gasteiger partial charge in [-0.3, -0.25) is 0 Å². The summed E-state index contributed by atoms with van der Waals surface area (Å²) in [6.45, 7) is 9.96. The lowest BCUT2D eigenvalue weighted by Gasteiger charge is -2.38. The molecule has 2 rings (SSSR count). The van der Waals surface area contributed by atoms with Gasteiger partial charge in [-0.2, -0.15) is 0 Å². The quantitative estimate of drug-likeness (QED) is 0.391. The van der Waals surface area contributed by atoms with Gasteiger partial charge in [-0.1, -0.05) is 11.8 Å². The molecule has 10 heteroatoms. The van der Waals surface area contributed by atoms with Crippen molar-refractivity contribution in [1.29, 1.82) is 0 Å². The summed E-state index contributed by atoms with van der Waals surface area (Å²) in [5, 5.41) is 13.7. The molecule has 30 heavy (non-hydrogen) atoms. The molecule has 2 N–H and O–H groups in total. The van der Waals surface area contributed by atoms with Gasteiger partial charge in [0.05, 0.1) is 24.4 Å². The minimum absolute atomic E-state index is 0.0175. The van der Waals surface area contributed by atoms with E-state index >= 15 is 0 Å². The van der Waals surface area contributed by atoms with Crippen LogP contribution in [0.15, 0.2) is 5.16 Å². The van der Waals surface area contributed by atoms with Gasteiger partial charge >= 0.3 is 12.1 Å². The first-order chi connectivity index (χ1) is 14.0. The molecule has 0 radical (unpaired) electrons. The number of carbonyl (C=O) groups excluding carboxylic acids is 2. The lowest BCUT2D eigenvalue weighted by atomic mass is 9.95. The van der Waals surface area contributed by atoms with E-state index in [2.05, 4.69) is 15.3 Å². The fourth-order valence-corrected chi connectivity index (χ4v) is 3.58. The number of anilines is 1. The molecular formula is C20H32N4O5S. The predicted molar refractivity (Wildman–Crippen MR) is 115 cm³/mol. The summed E-state index contributed by atoms with van der Waals surface area (Å²) < 4.78 is 10.5. The Morgan fingerprint density at radius 1 is 1.33 bits per heavy atom. The van der Waals surface area contributed by atoms with E-state index < -0.39 is 23.3 Å². The number of aromatic nitrogens is 2. The van der Waals surface area contributed by atoms with Crippen LogP contribution in [0.5, 0.6) is 0 Å². The van der Waals surface area contributed by atoms with Crippen molar-refractivity contribution < 1.29 is 24.2 Å². The van der Waals surface area contributed by atoms with Gasteiger partial charge in [0.1, 0.15) is 17.0 Å². The van der Waals surface area contributed by atoms with Gasteiger partial charge in [0.2, 0.25) is 0 Å². The van der Waals surface area contributed by atoms with E-state index in [4.69, 9.17) is 9.47 Å². The van der Waals surface area contributed by atoms with Crippen molar-refractivity contribution in [3.05, 3.63) is 11.3 Å². The number of amides is 1. The van der Waals surface area contributed by atoms with Gasteiger partial charge in [0.15, 0.2) is 5.16 Å². The number of alkyl carbamates (subject to hydrolysis) is 1. The zero-order valence-corrected chi connectivity index (χ0v) is 19.4. The average molecular weight is 441 g/mol. The van der Waals surface area contributed by atoms with Crippen molar-refractivity contribution >= 4 is 29.6 Å². The Morgan fingerprint density at radius 2 is 2.03 bits per heavy atom. The van der Waals surface area contributed by atoms with Crippen LogP contribution in [0, 0.1) is 0 Å². The topological polar surface area (TPSA) is 114 Å². The number of aliphatic hydroxyl groups is 1. The van der Waals surface area contributed by atoms with Crippen molar-refractivity contribution in [2.75, 3.05) is 30.9 Å². The van der Waals surface area contributed by atoms with Gasteiger partial charge in [-0.15, -0.1) is 0 Å². The van der Waals surface area contributed by atoms with E-state index in [0.29, 0.717) is 36.2 Å². The number of piperidine rings is 1. The molecule has 1 unspecified atom stereocenters. The molecular weight excluding hydrogens is 408 g/mol. The maximum absolute atomic E-state index is 12.8. The second-order valence-electron chi connectivity index (χ2n) is 8.45. The van der Waals surface area contributed by atoms with Crippen LogP contribution >= 0.6 is 11.8 Å². The lowest BCUT2D eigenvalue weighted by Crippen LogP contribution is -2.47.